The summed E-state index contributed by atoms with van der Waals surface area (Å²) in [6, 6.07) is 0.202. The van der Waals surface area contributed by atoms with Gasteiger partial charge in [-0.1, -0.05) is 6.42 Å². The molecule has 2 rings (SSSR count). The molecule has 2 fully saturated rings. The van der Waals surface area contributed by atoms with Crippen LogP contribution >= 0.6 is 11.8 Å². The average molecular weight is 693 g/mol. The van der Waals surface area contributed by atoms with Crippen LogP contribution in [0.1, 0.15) is 44.9 Å². The number of nitrogens with one attached hydrogen (secondary N) is 3. The number of carboxylic acids is 4. The molecule has 0 spiro atoms. The first kappa shape index (κ1) is 39.9. The monoisotopic (exact) mass is 692 g/mol. The van der Waals surface area contributed by atoms with E-state index in [9.17, 15) is 49.2 Å². The Bertz CT molecular complexity index is 983. The minimum absolute atomic E-state index is 0.0162. The number of aliphatic carboxylic acids is 4. The lowest BCUT2D eigenvalue weighted by Crippen LogP contribution is -2.48. The molecule has 47 heavy (non-hydrogen) atoms. The fourth-order valence-corrected chi connectivity index (χ4v) is 7.11. The van der Waals surface area contributed by atoms with Gasteiger partial charge in [0.15, 0.2) is 0 Å². The number of unbranched alkanes of at least 4 members (excludes halogenated alkanes) is 2. The van der Waals surface area contributed by atoms with Crippen molar-refractivity contribution in [2.45, 2.75) is 68.5 Å². The summed E-state index contributed by atoms with van der Waals surface area (Å²) in [5.41, 5.74) is 0. The van der Waals surface area contributed by atoms with E-state index in [4.69, 9.17) is 9.78 Å². The number of hydrogen-bond donors (Lipinski definition) is 7. The van der Waals surface area contributed by atoms with Gasteiger partial charge in [0, 0.05) is 50.1 Å². The number of fused-ring (bicyclic) bond motifs is 1. The van der Waals surface area contributed by atoms with Crippen LogP contribution in [0, 0.1) is 0 Å². The highest BCUT2D eigenvalue weighted by Gasteiger charge is 2.42. The number of rotatable bonds is 27. The van der Waals surface area contributed by atoms with E-state index in [-0.39, 0.29) is 50.2 Å². The van der Waals surface area contributed by atoms with Gasteiger partial charge in [0.25, 0.3) is 0 Å². The van der Waals surface area contributed by atoms with E-state index in [0.29, 0.717) is 37.5 Å². The molecule has 0 aromatic carbocycles. The van der Waals surface area contributed by atoms with Gasteiger partial charge >= 0.3 is 29.9 Å². The summed E-state index contributed by atoms with van der Waals surface area (Å²) >= 11 is 1.84. The van der Waals surface area contributed by atoms with Crippen LogP contribution in [0.5, 0.6) is 0 Å². The summed E-state index contributed by atoms with van der Waals surface area (Å²) in [5, 5.41) is 45.9. The van der Waals surface area contributed by atoms with Crippen LogP contribution in [-0.2, 0) is 33.7 Å². The highest BCUT2D eigenvalue weighted by atomic mass is 32.2. The Hall–Kier alpha value is -3.23. The summed E-state index contributed by atoms with van der Waals surface area (Å²) in [7, 11) is 1.30. The van der Waals surface area contributed by atoms with Gasteiger partial charge in [-0.3, -0.25) is 38.7 Å². The fraction of sp³-hybridized carbons (Fsp3) is 0.786. The minimum atomic E-state index is -1.21. The molecule has 2 saturated heterocycles. The molecule has 0 bridgehead atoms. The van der Waals surface area contributed by atoms with Gasteiger partial charge in [0.05, 0.1) is 45.4 Å². The van der Waals surface area contributed by atoms with E-state index < -0.39 is 56.3 Å². The number of nitrogens with zero attached hydrogens (tertiary/aromatic N) is 3. The molecular weight excluding hydrogens is 644 g/mol. The number of amides is 3. The highest BCUT2D eigenvalue weighted by molar-refractivity contribution is 8.00. The number of carboxylic acid groups (broad SMARTS) is 4. The van der Waals surface area contributed by atoms with E-state index in [0.717, 1.165) is 25.0 Å². The number of carbonyl (C=O) groups is 6. The first-order valence-electron chi connectivity index (χ1n) is 15.6. The second-order valence-corrected chi connectivity index (χ2v) is 12.7. The predicted octanol–water partition coefficient (Wildman–Crippen LogP) is -0.853. The van der Waals surface area contributed by atoms with Crippen LogP contribution < -0.4 is 16.0 Å². The van der Waals surface area contributed by atoms with E-state index in [1.807, 2.05) is 11.8 Å². The Morgan fingerprint density at radius 2 is 1.43 bits per heavy atom. The standard InChI is InChI=1S/C28H48N6O12S/c1-45-46-22(8-4-5-9-29-21(35)7-3-2-6-20-27-19(18-47-20)30-28(44)31-27)34(12-10-32(14-23(36)37)15-24(38)39)13-11-33(16-25(40)41)17-26(42)43/h19-20,22,27H,2-18H2,1H3,(H,29,35)(H,36,37)(H,38,39)(H,40,41)(H,42,43)(H2,30,31,44). The first-order valence-corrected chi connectivity index (χ1v) is 16.6. The van der Waals surface area contributed by atoms with Crippen LogP contribution in [0.2, 0.25) is 0 Å². The Kier molecular flexibility index (Phi) is 18.4. The van der Waals surface area contributed by atoms with Crippen molar-refractivity contribution < 1.29 is 59.0 Å². The normalized spacial score (nSPS) is 19.4. The van der Waals surface area contributed by atoms with Crippen LogP contribution in [0.3, 0.4) is 0 Å². The minimum Gasteiger partial charge on any atom is -0.480 e. The van der Waals surface area contributed by atoms with Crippen molar-refractivity contribution in [3.8, 4) is 0 Å². The Morgan fingerprint density at radius 1 is 0.851 bits per heavy atom. The molecule has 18 nitrogen and oxygen atoms in total. The van der Waals surface area contributed by atoms with Gasteiger partial charge in [-0.15, -0.1) is 0 Å². The smallest absolute Gasteiger partial charge is 0.317 e. The van der Waals surface area contributed by atoms with E-state index in [1.165, 1.54) is 16.9 Å². The van der Waals surface area contributed by atoms with Crippen molar-refractivity contribution in [2.24, 2.45) is 0 Å². The number of hydrogen-bond acceptors (Lipinski definition) is 12. The third-order valence-electron chi connectivity index (χ3n) is 7.74. The molecule has 0 aromatic rings. The fourth-order valence-electron chi connectivity index (χ4n) is 5.57. The lowest BCUT2D eigenvalue weighted by molar-refractivity contribution is -0.336. The van der Waals surface area contributed by atoms with Gasteiger partial charge in [-0.2, -0.15) is 11.8 Å². The molecule has 2 aliphatic rings. The molecule has 19 heteroatoms. The molecule has 0 aliphatic carbocycles. The topological polar surface area (TPSA) is 248 Å². The second-order valence-electron chi connectivity index (χ2n) is 11.5. The molecule has 3 amide bonds. The third-order valence-corrected chi connectivity index (χ3v) is 9.25. The van der Waals surface area contributed by atoms with Gasteiger partial charge in [0.1, 0.15) is 6.23 Å². The zero-order valence-corrected chi connectivity index (χ0v) is 27.5. The molecule has 4 atom stereocenters. The van der Waals surface area contributed by atoms with E-state index >= 15 is 0 Å². The van der Waals surface area contributed by atoms with Crippen LogP contribution in [-0.4, -0.2) is 166 Å². The summed E-state index contributed by atoms with van der Waals surface area (Å²) in [6.07, 6.45) is 3.80. The van der Waals surface area contributed by atoms with Crippen LogP contribution in [0.15, 0.2) is 0 Å². The van der Waals surface area contributed by atoms with Crippen molar-refractivity contribution in [3.63, 3.8) is 0 Å². The quantitative estimate of drug-likeness (QED) is 0.0182. The molecule has 0 aromatic heterocycles. The second kappa shape index (κ2) is 21.6. The maximum absolute atomic E-state index is 12.4. The van der Waals surface area contributed by atoms with Gasteiger partial charge in [-0.25, -0.2) is 14.6 Å². The molecular formula is C28H48N6O12S. The molecule has 2 heterocycles. The Morgan fingerprint density at radius 3 is 1.96 bits per heavy atom. The van der Waals surface area contributed by atoms with Crippen LogP contribution in [0.25, 0.3) is 0 Å². The molecule has 7 N–H and O–H groups in total. The Balaban J connectivity index is 1.84. The molecule has 4 unspecified atom stereocenters. The van der Waals surface area contributed by atoms with Crippen LogP contribution in [0.4, 0.5) is 4.79 Å². The van der Waals surface area contributed by atoms with E-state index in [2.05, 4.69) is 16.0 Å². The van der Waals surface area contributed by atoms with Crippen molar-refractivity contribution in [3.05, 3.63) is 0 Å². The molecule has 268 valence electrons. The lowest BCUT2D eigenvalue weighted by Gasteiger charge is -2.33. The summed E-state index contributed by atoms with van der Waals surface area (Å²) < 4.78 is 0. The largest absolute Gasteiger partial charge is 0.480 e. The van der Waals surface area contributed by atoms with Crippen molar-refractivity contribution in [1.29, 1.82) is 0 Å². The number of thioether (sulfide) groups is 1. The van der Waals surface area contributed by atoms with Gasteiger partial charge in [-0.05, 0) is 32.1 Å². The molecule has 0 saturated carbocycles. The first-order chi connectivity index (χ1) is 22.4. The SMILES string of the molecule is COOC(CCCCNC(=O)CCCCC1SCC2NC(=O)NC21)N(CCN(CC(=O)O)CC(=O)O)CCN(CC(=O)O)CC(=O)O. The summed E-state index contributed by atoms with van der Waals surface area (Å²) in [5.74, 6) is -3.99. The lowest BCUT2D eigenvalue weighted by atomic mass is 10.0. The Labute approximate surface area is 277 Å². The maximum Gasteiger partial charge on any atom is 0.317 e. The maximum atomic E-state index is 12.4. The highest BCUT2D eigenvalue weighted by Crippen LogP contribution is 2.33. The summed E-state index contributed by atoms with van der Waals surface area (Å²) in [4.78, 5) is 83.5. The van der Waals surface area contributed by atoms with E-state index in [1.54, 1.807) is 4.90 Å². The van der Waals surface area contributed by atoms with Gasteiger partial charge in [0.2, 0.25) is 5.91 Å². The average Bonchev–Trinajstić information content (AvgIpc) is 3.52. The number of carbonyl (C=O) groups excluding carboxylic acids is 2. The van der Waals surface area contributed by atoms with Crippen molar-refractivity contribution in [2.75, 3.05) is 71.8 Å². The van der Waals surface area contributed by atoms with Crippen molar-refractivity contribution >= 4 is 47.6 Å². The summed E-state index contributed by atoms with van der Waals surface area (Å²) in [6.45, 7) is -1.39. The zero-order valence-electron chi connectivity index (χ0n) is 26.6. The zero-order chi connectivity index (χ0) is 34.8. The molecule has 0 radical (unpaired) electrons. The van der Waals surface area contributed by atoms with Gasteiger partial charge < -0.3 is 36.4 Å². The number of urea groups is 1. The third kappa shape index (κ3) is 16.4. The predicted molar refractivity (Wildman–Crippen MR) is 168 cm³/mol. The molecule has 2 aliphatic heterocycles. The van der Waals surface area contributed by atoms with Crippen molar-refractivity contribution in [1.82, 2.24) is 30.7 Å².